The second-order valence-electron chi connectivity index (χ2n) is 6.90. The average Bonchev–Trinajstić information content (AvgIpc) is 2.37. The molecule has 0 aliphatic rings. The first kappa shape index (κ1) is 21.4. The minimum Gasteiger partial charge on any atom is -0.347 e. The molecule has 0 aliphatic heterocycles. The molecular weight excluding hydrogens is 314 g/mol. The number of carbonyl (C=O) groups is 2. The Balaban J connectivity index is 0.00000484. The Hall–Kier alpha value is -1.59. The Morgan fingerprint density at radius 3 is 2.04 bits per heavy atom. The number of amides is 2. The van der Waals surface area contributed by atoms with Crippen LogP contribution in [-0.2, 0) is 4.79 Å². The van der Waals surface area contributed by atoms with Crippen LogP contribution < -0.4 is 16.4 Å². The van der Waals surface area contributed by atoms with Crippen LogP contribution in [0.1, 0.15) is 57.8 Å². The minimum absolute atomic E-state index is 0. The maximum Gasteiger partial charge on any atom is 0.251 e. The first-order valence-corrected chi connectivity index (χ1v) is 7.58. The van der Waals surface area contributed by atoms with E-state index < -0.39 is 5.54 Å². The highest BCUT2D eigenvalue weighted by Gasteiger charge is 2.27. The summed E-state index contributed by atoms with van der Waals surface area (Å²) < 4.78 is 0. The third-order valence-corrected chi connectivity index (χ3v) is 3.18. The van der Waals surface area contributed by atoms with Crippen LogP contribution in [0.4, 0.5) is 5.69 Å². The Morgan fingerprint density at radius 2 is 1.61 bits per heavy atom. The van der Waals surface area contributed by atoms with Crippen LogP contribution in [0.15, 0.2) is 24.3 Å². The second-order valence-corrected chi connectivity index (χ2v) is 6.90. The lowest BCUT2D eigenvalue weighted by Crippen LogP contribution is -2.48. The van der Waals surface area contributed by atoms with Crippen molar-refractivity contribution < 1.29 is 9.59 Å². The van der Waals surface area contributed by atoms with Gasteiger partial charge in [0.25, 0.3) is 5.91 Å². The zero-order valence-corrected chi connectivity index (χ0v) is 15.3. The van der Waals surface area contributed by atoms with Gasteiger partial charge in [-0.2, -0.15) is 0 Å². The molecule has 6 heteroatoms. The van der Waals surface area contributed by atoms with E-state index in [1.165, 1.54) is 0 Å². The predicted octanol–water partition coefficient (Wildman–Crippen LogP) is 3.09. The average molecular weight is 342 g/mol. The molecule has 0 aromatic heterocycles. The third kappa shape index (κ3) is 7.01. The van der Waals surface area contributed by atoms with Crippen LogP contribution in [-0.4, -0.2) is 22.9 Å². The molecule has 1 atom stereocenters. The van der Waals surface area contributed by atoms with Crippen molar-refractivity contribution in [3.05, 3.63) is 29.8 Å². The highest BCUT2D eigenvalue weighted by atomic mass is 35.5. The van der Waals surface area contributed by atoms with E-state index in [1.54, 1.807) is 31.2 Å². The van der Waals surface area contributed by atoms with Gasteiger partial charge in [0.2, 0.25) is 5.91 Å². The quantitative estimate of drug-likeness (QED) is 0.769. The number of hydrogen-bond acceptors (Lipinski definition) is 3. The molecule has 0 fully saturated rings. The zero-order chi connectivity index (χ0) is 17.0. The summed E-state index contributed by atoms with van der Waals surface area (Å²) in [6.45, 7) is 9.48. The van der Waals surface area contributed by atoms with Crippen molar-refractivity contribution in [2.45, 2.75) is 58.5 Å². The number of nitrogens with two attached hydrogens (primary N) is 1. The van der Waals surface area contributed by atoms with Crippen LogP contribution in [0.5, 0.6) is 0 Å². The zero-order valence-electron chi connectivity index (χ0n) is 14.5. The van der Waals surface area contributed by atoms with Gasteiger partial charge in [-0.05, 0) is 58.4 Å². The van der Waals surface area contributed by atoms with Gasteiger partial charge in [0.05, 0.1) is 5.54 Å². The molecule has 5 nitrogen and oxygen atoms in total. The van der Waals surface area contributed by atoms with E-state index in [-0.39, 0.29) is 29.8 Å². The minimum atomic E-state index is -0.892. The molecule has 1 rings (SSSR count). The van der Waals surface area contributed by atoms with Gasteiger partial charge in [0, 0.05) is 16.8 Å². The molecule has 0 saturated carbocycles. The fraction of sp³-hybridized carbons (Fsp3) is 0.529. The SMILES string of the molecule is CCCC(C)(N)C(=O)Nc1ccc(C(=O)NC(C)(C)C)cc1.Cl. The normalized spacial score (nSPS) is 13.5. The molecule has 0 saturated heterocycles. The van der Waals surface area contributed by atoms with E-state index in [0.717, 1.165) is 6.42 Å². The second kappa shape index (κ2) is 8.31. The van der Waals surface area contributed by atoms with E-state index in [4.69, 9.17) is 5.73 Å². The van der Waals surface area contributed by atoms with E-state index in [2.05, 4.69) is 10.6 Å². The first-order valence-electron chi connectivity index (χ1n) is 7.58. The summed E-state index contributed by atoms with van der Waals surface area (Å²) in [6, 6.07) is 6.78. The molecule has 4 N–H and O–H groups in total. The van der Waals surface area contributed by atoms with Gasteiger partial charge in [-0.25, -0.2) is 0 Å². The third-order valence-electron chi connectivity index (χ3n) is 3.18. The van der Waals surface area contributed by atoms with Crippen molar-refractivity contribution in [3.8, 4) is 0 Å². The van der Waals surface area contributed by atoms with Gasteiger partial charge in [-0.1, -0.05) is 13.3 Å². The van der Waals surface area contributed by atoms with Crippen LogP contribution in [0.3, 0.4) is 0 Å². The van der Waals surface area contributed by atoms with Gasteiger partial charge in [0.15, 0.2) is 0 Å². The van der Waals surface area contributed by atoms with E-state index >= 15 is 0 Å². The maximum atomic E-state index is 12.1. The van der Waals surface area contributed by atoms with Crippen molar-refractivity contribution in [3.63, 3.8) is 0 Å². The van der Waals surface area contributed by atoms with Gasteiger partial charge in [-0.3, -0.25) is 9.59 Å². The number of benzene rings is 1. The van der Waals surface area contributed by atoms with E-state index in [0.29, 0.717) is 17.7 Å². The molecule has 1 aromatic carbocycles. The van der Waals surface area contributed by atoms with Gasteiger partial charge in [0.1, 0.15) is 0 Å². The summed E-state index contributed by atoms with van der Waals surface area (Å²) in [6.07, 6.45) is 1.46. The monoisotopic (exact) mass is 341 g/mol. The maximum absolute atomic E-state index is 12.1. The molecule has 0 spiro atoms. The van der Waals surface area contributed by atoms with E-state index in [1.807, 2.05) is 27.7 Å². The largest absolute Gasteiger partial charge is 0.347 e. The highest BCUT2D eigenvalue weighted by Crippen LogP contribution is 2.15. The van der Waals surface area contributed by atoms with Crippen molar-refractivity contribution in [1.29, 1.82) is 0 Å². The molecular formula is C17H28ClN3O2. The van der Waals surface area contributed by atoms with Gasteiger partial charge >= 0.3 is 0 Å². The summed E-state index contributed by atoms with van der Waals surface area (Å²) in [5.41, 5.74) is 5.99. The lowest BCUT2D eigenvalue weighted by molar-refractivity contribution is -0.120. The highest BCUT2D eigenvalue weighted by molar-refractivity contribution is 5.99. The molecule has 1 aromatic rings. The van der Waals surface area contributed by atoms with Crippen molar-refractivity contribution >= 4 is 29.9 Å². The Kier molecular flexibility index (Phi) is 7.74. The number of carbonyl (C=O) groups excluding carboxylic acids is 2. The summed E-state index contributed by atoms with van der Waals surface area (Å²) in [7, 11) is 0. The number of hydrogen-bond donors (Lipinski definition) is 3. The van der Waals surface area contributed by atoms with E-state index in [9.17, 15) is 9.59 Å². The summed E-state index contributed by atoms with van der Waals surface area (Å²) in [4.78, 5) is 24.1. The standard InChI is InChI=1S/C17H27N3O2.ClH/c1-6-11-17(5,18)15(22)19-13-9-7-12(8-10-13)14(21)20-16(2,3)4;/h7-10H,6,11,18H2,1-5H3,(H,19,22)(H,20,21);1H. The lowest BCUT2D eigenvalue weighted by atomic mass is 9.96. The number of nitrogens with one attached hydrogen (secondary N) is 2. The molecule has 23 heavy (non-hydrogen) atoms. The first-order chi connectivity index (χ1) is 10.0. The number of halogens is 1. The topological polar surface area (TPSA) is 84.2 Å². The lowest BCUT2D eigenvalue weighted by Gasteiger charge is -2.23. The molecule has 0 aliphatic carbocycles. The van der Waals surface area contributed by atoms with Crippen molar-refractivity contribution in [2.24, 2.45) is 5.73 Å². The number of anilines is 1. The van der Waals surface area contributed by atoms with Gasteiger partial charge in [-0.15, -0.1) is 12.4 Å². The molecule has 2 amide bonds. The molecule has 0 heterocycles. The smallest absolute Gasteiger partial charge is 0.251 e. The predicted molar refractivity (Wildman–Crippen MR) is 97.0 cm³/mol. The summed E-state index contributed by atoms with van der Waals surface area (Å²) >= 11 is 0. The Bertz CT molecular complexity index is 534. The van der Waals surface area contributed by atoms with Crippen LogP contribution in [0, 0.1) is 0 Å². The van der Waals surface area contributed by atoms with Gasteiger partial charge < -0.3 is 16.4 Å². The Morgan fingerprint density at radius 1 is 1.09 bits per heavy atom. The molecule has 0 bridgehead atoms. The van der Waals surface area contributed by atoms with Crippen molar-refractivity contribution in [2.75, 3.05) is 5.32 Å². The van der Waals surface area contributed by atoms with Crippen LogP contribution >= 0.6 is 12.4 Å². The fourth-order valence-electron chi connectivity index (χ4n) is 2.02. The molecule has 0 radical (unpaired) electrons. The van der Waals surface area contributed by atoms with Crippen LogP contribution in [0.2, 0.25) is 0 Å². The van der Waals surface area contributed by atoms with Crippen LogP contribution in [0.25, 0.3) is 0 Å². The molecule has 130 valence electrons. The Labute approximate surface area is 144 Å². The number of rotatable bonds is 5. The summed E-state index contributed by atoms with van der Waals surface area (Å²) in [5, 5.41) is 5.68. The molecule has 1 unspecified atom stereocenters. The summed E-state index contributed by atoms with van der Waals surface area (Å²) in [5.74, 6) is -0.360. The fourth-order valence-corrected chi connectivity index (χ4v) is 2.02. The van der Waals surface area contributed by atoms with Crippen molar-refractivity contribution in [1.82, 2.24) is 5.32 Å².